The Morgan fingerprint density at radius 3 is 2.50 bits per heavy atom. The highest BCUT2D eigenvalue weighted by Gasteiger charge is 2.55. The van der Waals surface area contributed by atoms with Gasteiger partial charge < -0.3 is 4.90 Å². The molecule has 5 rings (SSSR count). The number of carbonyl (C=O) groups is 2. The van der Waals surface area contributed by atoms with E-state index < -0.39 is 5.54 Å². The number of hydrogen-bond acceptors (Lipinski definition) is 2. The second-order valence-corrected chi connectivity index (χ2v) is 7.46. The van der Waals surface area contributed by atoms with Gasteiger partial charge in [0, 0.05) is 12.1 Å². The van der Waals surface area contributed by atoms with Gasteiger partial charge in [0.15, 0.2) is 5.78 Å². The lowest BCUT2D eigenvalue weighted by Gasteiger charge is -2.46. The largest absolute Gasteiger partial charge is 0.316 e. The molecule has 0 aromatic heterocycles. The molecule has 0 fully saturated rings. The van der Waals surface area contributed by atoms with E-state index in [2.05, 4.69) is 15.9 Å². The molecule has 3 aliphatic rings. The Balaban J connectivity index is 1.85. The van der Waals surface area contributed by atoms with E-state index in [1.807, 2.05) is 65.6 Å². The van der Waals surface area contributed by atoms with Crippen LogP contribution in [0.15, 0.2) is 77.3 Å². The maximum absolute atomic E-state index is 13.1. The molecule has 0 unspecified atom stereocenters. The molecule has 3 nitrogen and oxygen atoms in total. The summed E-state index contributed by atoms with van der Waals surface area (Å²) in [7, 11) is 0. The minimum Gasteiger partial charge on any atom is -0.316 e. The summed E-state index contributed by atoms with van der Waals surface area (Å²) in [6.45, 7) is 0.510. The molecule has 1 amide bonds. The number of fused-ring (bicyclic) bond motifs is 2. The Labute approximate surface area is 159 Å². The molecule has 2 aromatic rings. The first-order valence-corrected chi connectivity index (χ1v) is 9.23. The third-order valence-electron chi connectivity index (χ3n) is 5.34. The third kappa shape index (κ3) is 1.88. The molecule has 2 heterocycles. The summed E-state index contributed by atoms with van der Waals surface area (Å²) in [6.07, 6.45) is 5.13. The number of halogens is 1. The molecule has 0 saturated heterocycles. The summed E-state index contributed by atoms with van der Waals surface area (Å²) in [5.74, 6) is -0.103. The molecule has 0 N–H and O–H groups in total. The van der Waals surface area contributed by atoms with Crippen molar-refractivity contribution >= 4 is 38.8 Å². The van der Waals surface area contributed by atoms with Crippen LogP contribution in [0, 0.1) is 0 Å². The van der Waals surface area contributed by atoms with Crippen molar-refractivity contribution in [1.29, 1.82) is 0 Å². The van der Waals surface area contributed by atoms with E-state index in [9.17, 15) is 9.59 Å². The second-order valence-electron chi connectivity index (χ2n) is 6.66. The SMILES string of the molecule is O=C1C=C[C@@]23C(=C1)c1ccccc1CN2C(=O)C(Br)=C3c1ccccc1. The Kier molecular flexibility index (Phi) is 3.22. The predicted octanol–water partition coefficient (Wildman–Crippen LogP) is 4.11. The lowest BCUT2D eigenvalue weighted by Crippen LogP contribution is -2.50. The first kappa shape index (κ1) is 15.5. The summed E-state index contributed by atoms with van der Waals surface area (Å²) >= 11 is 3.56. The monoisotopic (exact) mass is 403 g/mol. The Morgan fingerprint density at radius 1 is 0.962 bits per heavy atom. The average Bonchev–Trinajstić information content (AvgIpc) is 2.88. The first-order chi connectivity index (χ1) is 12.6. The van der Waals surface area contributed by atoms with E-state index in [0.29, 0.717) is 11.0 Å². The van der Waals surface area contributed by atoms with E-state index in [1.54, 1.807) is 12.2 Å². The Morgan fingerprint density at radius 2 is 1.69 bits per heavy atom. The van der Waals surface area contributed by atoms with Crippen LogP contribution in [-0.2, 0) is 16.1 Å². The molecular weight excluding hydrogens is 390 g/mol. The minimum absolute atomic E-state index is 0.0508. The van der Waals surface area contributed by atoms with Crippen LogP contribution in [-0.4, -0.2) is 22.1 Å². The van der Waals surface area contributed by atoms with Crippen LogP contribution in [0.25, 0.3) is 11.1 Å². The quantitative estimate of drug-likeness (QED) is 0.718. The van der Waals surface area contributed by atoms with Crippen molar-refractivity contribution in [3.63, 3.8) is 0 Å². The zero-order chi connectivity index (χ0) is 17.9. The van der Waals surface area contributed by atoms with Gasteiger partial charge in [-0.2, -0.15) is 0 Å². The standard InChI is InChI=1S/C22H14BrNO2/c23-20-19(14-6-2-1-3-7-14)22-11-10-16(25)12-18(22)17-9-5-4-8-15(17)13-24(22)21(20)26/h1-12H,13H2/t22-/m0/s1. The van der Waals surface area contributed by atoms with E-state index in [1.165, 1.54) is 0 Å². The topological polar surface area (TPSA) is 37.4 Å². The Hall–Kier alpha value is -2.72. The molecule has 2 aliphatic heterocycles. The van der Waals surface area contributed by atoms with Gasteiger partial charge in [0.1, 0.15) is 5.54 Å². The van der Waals surface area contributed by atoms with Crippen molar-refractivity contribution in [2.45, 2.75) is 12.1 Å². The number of nitrogens with zero attached hydrogens (tertiary/aromatic N) is 1. The minimum atomic E-state index is -0.750. The number of ketones is 1. The van der Waals surface area contributed by atoms with Gasteiger partial charge in [-0.05, 0) is 56.4 Å². The summed E-state index contributed by atoms with van der Waals surface area (Å²) in [4.78, 5) is 27.2. The van der Waals surface area contributed by atoms with Crippen molar-refractivity contribution in [2.75, 3.05) is 0 Å². The lowest BCUT2D eigenvalue weighted by molar-refractivity contribution is -0.127. The third-order valence-corrected chi connectivity index (χ3v) is 6.08. The smallest absolute Gasteiger partial charge is 0.262 e. The average molecular weight is 404 g/mol. The maximum Gasteiger partial charge on any atom is 0.262 e. The zero-order valence-corrected chi connectivity index (χ0v) is 15.4. The summed E-state index contributed by atoms with van der Waals surface area (Å²) < 4.78 is 0.557. The van der Waals surface area contributed by atoms with Crippen molar-refractivity contribution < 1.29 is 9.59 Å². The van der Waals surface area contributed by atoms with E-state index in [0.717, 1.165) is 27.8 Å². The van der Waals surface area contributed by atoms with Gasteiger partial charge >= 0.3 is 0 Å². The van der Waals surface area contributed by atoms with Gasteiger partial charge in [-0.25, -0.2) is 0 Å². The normalized spacial score (nSPS) is 23.6. The van der Waals surface area contributed by atoms with E-state index in [4.69, 9.17) is 0 Å². The summed E-state index contributed by atoms with van der Waals surface area (Å²) in [5, 5.41) is 0. The fraction of sp³-hybridized carbons (Fsp3) is 0.0909. The fourth-order valence-electron chi connectivity index (χ4n) is 4.26. The van der Waals surface area contributed by atoms with Crippen molar-refractivity contribution in [1.82, 2.24) is 4.90 Å². The lowest BCUT2D eigenvalue weighted by atomic mass is 9.71. The first-order valence-electron chi connectivity index (χ1n) is 8.44. The number of carbonyl (C=O) groups excluding carboxylic acids is 2. The van der Waals surface area contributed by atoms with Crippen LogP contribution >= 0.6 is 15.9 Å². The predicted molar refractivity (Wildman–Crippen MR) is 104 cm³/mol. The maximum atomic E-state index is 13.1. The number of benzene rings is 2. The van der Waals surface area contributed by atoms with Crippen LogP contribution in [0.3, 0.4) is 0 Å². The van der Waals surface area contributed by atoms with Crippen molar-refractivity contribution in [3.05, 3.63) is 94.0 Å². The zero-order valence-electron chi connectivity index (χ0n) is 13.8. The van der Waals surface area contributed by atoms with Crippen molar-refractivity contribution in [2.24, 2.45) is 0 Å². The van der Waals surface area contributed by atoms with Crippen LogP contribution in [0.1, 0.15) is 16.7 Å². The summed E-state index contributed by atoms with van der Waals surface area (Å²) in [5.41, 5.74) is 4.07. The van der Waals surface area contributed by atoms with E-state index in [-0.39, 0.29) is 11.7 Å². The van der Waals surface area contributed by atoms with Crippen LogP contribution in [0.4, 0.5) is 0 Å². The van der Waals surface area contributed by atoms with Gasteiger partial charge in [0.2, 0.25) is 0 Å². The van der Waals surface area contributed by atoms with E-state index >= 15 is 0 Å². The molecule has 2 aromatic carbocycles. The van der Waals surface area contributed by atoms with Crippen LogP contribution in [0.2, 0.25) is 0 Å². The number of rotatable bonds is 1. The molecule has 1 aliphatic carbocycles. The number of allylic oxidation sites excluding steroid dienone is 2. The van der Waals surface area contributed by atoms with Gasteiger partial charge in [0.25, 0.3) is 5.91 Å². The highest BCUT2D eigenvalue weighted by molar-refractivity contribution is 9.12. The molecule has 0 bridgehead atoms. The highest BCUT2D eigenvalue weighted by Crippen LogP contribution is 2.56. The summed E-state index contributed by atoms with van der Waals surface area (Å²) in [6, 6.07) is 17.9. The highest BCUT2D eigenvalue weighted by atomic mass is 79.9. The molecule has 0 saturated carbocycles. The number of hydrogen-bond donors (Lipinski definition) is 0. The van der Waals surface area contributed by atoms with Crippen LogP contribution < -0.4 is 0 Å². The fourth-order valence-corrected chi connectivity index (χ4v) is 5.00. The van der Waals surface area contributed by atoms with Gasteiger partial charge in [-0.1, -0.05) is 54.6 Å². The van der Waals surface area contributed by atoms with Gasteiger partial charge in [0.05, 0.1) is 4.48 Å². The second kappa shape index (κ2) is 5.39. The molecule has 0 radical (unpaired) electrons. The molecule has 26 heavy (non-hydrogen) atoms. The van der Waals surface area contributed by atoms with Crippen LogP contribution in [0.5, 0.6) is 0 Å². The van der Waals surface area contributed by atoms with Gasteiger partial charge in [-0.15, -0.1) is 0 Å². The molecule has 1 spiro atoms. The molecule has 126 valence electrons. The number of amides is 1. The van der Waals surface area contributed by atoms with Gasteiger partial charge in [-0.3, -0.25) is 9.59 Å². The molecular formula is C22H14BrNO2. The Bertz CT molecular complexity index is 1060. The van der Waals surface area contributed by atoms with Crippen molar-refractivity contribution in [3.8, 4) is 0 Å². The molecule has 1 atom stereocenters. The molecule has 4 heteroatoms.